The number of aromatic amines is 1. The minimum absolute atomic E-state index is 0.0736. The molecule has 0 atom stereocenters. The number of rotatable bonds is 2. The first kappa shape index (κ1) is 9.39. The van der Waals surface area contributed by atoms with Gasteiger partial charge in [0.25, 0.3) is 6.43 Å². The van der Waals surface area contributed by atoms with Gasteiger partial charge in [0, 0.05) is 17.8 Å². The summed E-state index contributed by atoms with van der Waals surface area (Å²) in [6, 6.07) is 3.72. The number of hydrogen-bond donors (Lipinski definition) is 1. The molecule has 0 aromatic carbocycles. The Bertz CT molecular complexity index is 392. The predicted molar refractivity (Wildman–Crippen MR) is 41.3 cm³/mol. The van der Waals surface area contributed by atoms with Crippen LogP contribution in [0.1, 0.15) is 17.8 Å². The Labute approximate surface area is 72.6 Å². The third-order valence-electron chi connectivity index (χ3n) is 1.42. The van der Waals surface area contributed by atoms with E-state index in [4.69, 9.17) is 5.26 Å². The summed E-state index contributed by atoms with van der Waals surface area (Å²) in [7, 11) is 0. The van der Waals surface area contributed by atoms with Crippen LogP contribution < -0.4 is 5.43 Å². The molecule has 0 amide bonds. The molecule has 0 aliphatic carbocycles. The number of H-pyrrole nitrogens is 1. The van der Waals surface area contributed by atoms with Crippen molar-refractivity contribution in [3.05, 3.63) is 33.7 Å². The van der Waals surface area contributed by atoms with Gasteiger partial charge >= 0.3 is 0 Å². The number of halogens is 2. The summed E-state index contributed by atoms with van der Waals surface area (Å²) in [6.45, 7) is 0. The molecule has 0 bridgehead atoms. The van der Waals surface area contributed by atoms with Crippen LogP contribution in [0.25, 0.3) is 0 Å². The zero-order valence-electron chi connectivity index (χ0n) is 6.55. The molecule has 0 unspecified atom stereocenters. The van der Waals surface area contributed by atoms with E-state index in [-0.39, 0.29) is 12.1 Å². The SMILES string of the molecule is N#CCc1cc(=O)cc(C(F)F)[nH]1. The number of aromatic nitrogens is 1. The van der Waals surface area contributed by atoms with Crippen molar-refractivity contribution in [2.24, 2.45) is 0 Å². The topological polar surface area (TPSA) is 56.6 Å². The third kappa shape index (κ3) is 2.37. The number of nitrogens with zero attached hydrogens (tertiary/aromatic N) is 1. The van der Waals surface area contributed by atoms with Crippen LogP contribution in [0, 0.1) is 11.3 Å². The first-order chi connectivity index (χ1) is 6.13. The van der Waals surface area contributed by atoms with Gasteiger partial charge in [-0.3, -0.25) is 4.79 Å². The van der Waals surface area contributed by atoms with Crippen LogP contribution in [-0.2, 0) is 6.42 Å². The molecule has 1 aromatic heterocycles. The van der Waals surface area contributed by atoms with E-state index in [1.165, 1.54) is 0 Å². The van der Waals surface area contributed by atoms with Crippen molar-refractivity contribution in [1.82, 2.24) is 4.98 Å². The standard InChI is InChI=1S/C8H6F2N2O/c9-8(10)7-4-6(13)3-5(12-7)1-2-11/h3-4,8H,1H2,(H,12,13). The average Bonchev–Trinajstić information content (AvgIpc) is 2.03. The molecule has 1 heterocycles. The van der Waals surface area contributed by atoms with Crippen LogP contribution >= 0.6 is 0 Å². The fourth-order valence-corrected chi connectivity index (χ4v) is 0.922. The van der Waals surface area contributed by atoms with Gasteiger partial charge in [-0.2, -0.15) is 5.26 Å². The van der Waals surface area contributed by atoms with Gasteiger partial charge in [-0.1, -0.05) is 0 Å². The summed E-state index contributed by atoms with van der Waals surface area (Å²) in [5.74, 6) is 0. The minimum atomic E-state index is -2.72. The van der Waals surface area contributed by atoms with Gasteiger partial charge < -0.3 is 4.98 Å². The highest BCUT2D eigenvalue weighted by Gasteiger charge is 2.08. The van der Waals surface area contributed by atoms with Gasteiger partial charge in [0.1, 0.15) is 0 Å². The smallest absolute Gasteiger partial charge is 0.278 e. The molecular weight excluding hydrogens is 178 g/mol. The lowest BCUT2D eigenvalue weighted by Crippen LogP contribution is -2.06. The molecule has 3 nitrogen and oxygen atoms in total. The van der Waals surface area contributed by atoms with Gasteiger partial charge in [0.05, 0.1) is 18.2 Å². The van der Waals surface area contributed by atoms with Gasteiger partial charge in [-0.05, 0) is 0 Å². The van der Waals surface area contributed by atoms with Crippen molar-refractivity contribution in [2.75, 3.05) is 0 Å². The lowest BCUT2D eigenvalue weighted by Gasteiger charge is -2.01. The second-order valence-corrected chi connectivity index (χ2v) is 2.43. The summed E-state index contributed by atoms with van der Waals surface area (Å²) in [5.41, 5.74) is -0.748. The molecule has 13 heavy (non-hydrogen) atoms. The Morgan fingerprint density at radius 1 is 1.54 bits per heavy atom. The molecule has 0 aliphatic heterocycles. The van der Waals surface area contributed by atoms with E-state index in [1.54, 1.807) is 6.07 Å². The van der Waals surface area contributed by atoms with Crippen LogP contribution in [0.15, 0.2) is 16.9 Å². The number of nitriles is 1. The minimum Gasteiger partial charge on any atom is -0.357 e. The molecule has 0 spiro atoms. The fourth-order valence-electron chi connectivity index (χ4n) is 0.922. The maximum atomic E-state index is 12.1. The van der Waals surface area contributed by atoms with Gasteiger partial charge in [0.15, 0.2) is 5.43 Å². The van der Waals surface area contributed by atoms with Crippen molar-refractivity contribution in [3.63, 3.8) is 0 Å². The first-order valence-corrected chi connectivity index (χ1v) is 3.51. The fraction of sp³-hybridized carbons (Fsp3) is 0.250. The van der Waals surface area contributed by atoms with Crippen LogP contribution in [0.5, 0.6) is 0 Å². The number of pyridine rings is 1. The van der Waals surface area contributed by atoms with E-state index >= 15 is 0 Å². The molecule has 5 heteroatoms. The highest BCUT2D eigenvalue weighted by molar-refractivity contribution is 5.14. The van der Waals surface area contributed by atoms with Crippen molar-refractivity contribution in [1.29, 1.82) is 5.26 Å². The van der Waals surface area contributed by atoms with E-state index < -0.39 is 17.5 Å². The molecule has 1 aromatic rings. The lowest BCUT2D eigenvalue weighted by molar-refractivity contribution is 0.145. The van der Waals surface area contributed by atoms with Crippen LogP contribution in [0.4, 0.5) is 8.78 Å². The molecule has 0 radical (unpaired) electrons. The van der Waals surface area contributed by atoms with E-state index in [2.05, 4.69) is 4.98 Å². The number of alkyl halides is 2. The summed E-state index contributed by atoms with van der Waals surface area (Å²) >= 11 is 0. The Kier molecular flexibility index (Phi) is 2.75. The van der Waals surface area contributed by atoms with Crippen molar-refractivity contribution in [3.8, 4) is 6.07 Å². The molecule has 0 aliphatic rings. The van der Waals surface area contributed by atoms with E-state index in [0.29, 0.717) is 0 Å². The van der Waals surface area contributed by atoms with Gasteiger partial charge in [0.2, 0.25) is 0 Å². The normalized spacial score (nSPS) is 10.0. The largest absolute Gasteiger partial charge is 0.357 e. The third-order valence-corrected chi connectivity index (χ3v) is 1.42. The molecule has 68 valence electrons. The summed E-state index contributed by atoms with van der Waals surface area (Å²) in [6.07, 6.45) is -2.79. The molecule has 0 saturated heterocycles. The Hall–Kier alpha value is -1.70. The Morgan fingerprint density at radius 2 is 2.23 bits per heavy atom. The predicted octanol–water partition coefficient (Wildman–Crippen LogP) is 1.38. The monoisotopic (exact) mass is 184 g/mol. The van der Waals surface area contributed by atoms with E-state index in [0.717, 1.165) is 12.1 Å². The average molecular weight is 184 g/mol. The van der Waals surface area contributed by atoms with E-state index in [1.807, 2.05) is 0 Å². The Balaban J connectivity index is 3.13. The maximum Gasteiger partial charge on any atom is 0.278 e. The molecule has 1 rings (SSSR count). The highest BCUT2D eigenvalue weighted by atomic mass is 19.3. The molecule has 0 saturated carbocycles. The number of hydrogen-bond acceptors (Lipinski definition) is 2. The second kappa shape index (κ2) is 3.81. The summed E-state index contributed by atoms with van der Waals surface area (Å²) in [4.78, 5) is 13.1. The van der Waals surface area contributed by atoms with Crippen molar-refractivity contribution < 1.29 is 8.78 Å². The first-order valence-electron chi connectivity index (χ1n) is 3.51. The summed E-state index contributed by atoms with van der Waals surface area (Å²) in [5, 5.41) is 8.28. The zero-order chi connectivity index (χ0) is 9.84. The van der Waals surface area contributed by atoms with Crippen molar-refractivity contribution in [2.45, 2.75) is 12.8 Å². The van der Waals surface area contributed by atoms with Crippen LogP contribution in [0.3, 0.4) is 0 Å². The quantitative estimate of drug-likeness (QED) is 0.754. The molecular formula is C8H6F2N2O. The molecule has 1 N–H and O–H groups in total. The van der Waals surface area contributed by atoms with Crippen molar-refractivity contribution >= 4 is 0 Å². The molecule has 0 fully saturated rings. The van der Waals surface area contributed by atoms with Gasteiger partial charge in [-0.25, -0.2) is 8.78 Å². The van der Waals surface area contributed by atoms with Crippen LogP contribution in [-0.4, -0.2) is 4.98 Å². The van der Waals surface area contributed by atoms with E-state index in [9.17, 15) is 13.6 Å². The number of nitrogens with one attached hydrogen (secondary N) is 1. The van der Waals surface area contributed by atoms with Gasteiger partial charge in [-0.15, -0.1) is 0 Å². The summed E-state index contributed by atoms with van der Waals surface area (Å²) < 4.78 is 24.2. The Morgan fingerprint density at radius 3 is 2.77 bits per heavy atom. The zero-order valence-corrected chi connectivity index (χ0v) is 6.55. The second-order valence-electron chi connectivity index (χ2n) is 2.43. The highest BCUT2D eigenvalue weighted by Crippen LogP contribution is 2.14. The maximum absolute atomic E-state index is 12.1. The lowest BCUT2D eigenvalue weighted by atomic mass is 10.2. The van der Waals surface area contributed by atoms with Crippen LogP contribution in [0.2, 0.25) is 0 Å².